The largest absolute Gasteiger partial charge is 0.297 e. The number of rotatable bonds is 4. The summed E-state index contributed by atoms with van der Waals surface area (Å²) in [6, 6.07) is 3.97. The molecule has 2 rings (SSSR count). The van der Waals surface area contributed by atoms with Crippen molar-refractivity contribution in [1.29, 1.82) is 0 Å². The number of carbonyl (C=O) groups is 1. The molecule has 0 unspecified atom stereocenters. The predicted molar refractivity (Wildman–Crippen MR) is 69.3 cm³/mol. The Morgan fingerprint density at radius 2 is 2.44 bits per heavy atom. The monoisotopic (exact) mass is 252 g/mol. The molecule has 5 heteroatoms. The molecule has 0 aliphatic carbocycles. The van der Waals surface area contributed by atoms with Crippen molar-refractivity contribution in [3.8, 4) is 0 Å². The van der Waals surface area contributed by atoms with E-state index >= 15 is 0 Å². The number of hydrogen-bond donors (Lipinski definition) is 0. The van der Waals surface area contributed by atoms with Crippen LogP contribution in [0.1, 0.15) is 12.0 Å². The molecule has 84 valence electrons. The highest BCUT2D eigenvalue weighted by atomic mass is 32.2. The number of thioether (sulfide) groups is 1. The summed E-state index contributed by atoms with van der Waals surface area (Å²) in [5.41, 5.74) is 1.20. The Balaban J connectivity index is 1.80. The Kier molecular flexibility index (Phi) is 3.90. The number of amides is 1. The SMILES string of the molecule is O=C1CSC(=S)N1CCCc1cccnc1. The van der Waals surface area contributed by atoms with E-state index in [4.69, 9.17) is 12.2 Å². The minimum absolute atomic E-state index is 0.140. The molecule has 0 bridgehead atoms. The fraction of sp³-hybridized carbons (Fsp3) is 0.364. The highest BCUT2D eigenvalue weighted by molar-refractivity contribution is 8.23. The molecule has 3 nitrogen and oxygen atoms in total. The molecule has 0 aromatic carbocycles. The van der Waals surface area contributed by atoms with Crippen LogP contribution in [-0.4, -0.2) is 32.4 Å². The average Bonchev–Trinajstić information content (AvgIpc) is 2.62. The maximum Gasteiger partial charge on any atom is 0.238 e. The third-order valence-corrected chi connectivity index (χ3v) is 3.84. The van der Waals surface area contributed by atoms with E-state index in [0.29, 0.717) is 5.75 Å². The van der Waals surface area contributed by atoms with Gasteiger partial charge < -0.3 is 0 Å². The van der Waals surface area contributed by atoms with Crippen LogP contribution in [0.25, 0.3) is 0 Å². The molecule has 1 saturated heterocycles. The van der Waals surface area contributed by atoms with Crippen molar-refractivity contribution >= 4 is 34.2 Å². The van der Waals surface area contributed by atoms with Gasteiger partial charge in [-0.25, -0.2) is 0 Å². The van der Waals surface area contributed by atoms with Crippen molar-refractivity contribution in [3.05, 3.63) is 30.1 Å². The smallest absolute Gasteiger partial charge is 0.238 e. The van der Waals surface area contributed by atoms with Gasteiger partial charge in [0.1, 0.15) is 4.32 Å². The van der Waals surface area contributed by atoms with Crippen LogP contribution in [0.5, 0.6) is 0 Å². The first-order valence-corrected chi connectivity index (χ1v) is 6.53. The number of carbonyl (C=O) groups excluding carboxylic acids is 1. The van der Waals surface area contributed by atoms with E-state index in [1.54, 1.807) is 11.1 Å². The summed E-state index contributed by atoms with van der Waals surface area (Å²) in [7, 11) is 0. The lowest BCUT2D eigenvalue weighted by atomic mass is 10.1. The van der Waals surface area contributed by atoms with Gasteiger partial charge in [-0.15, -0.1) is 0 Å². The highest BCUT2D eigenvalue weighted by Gasteiger charge is 2.25. The van der Waals surface area contributed by atoms with Crippen molar-refractivity contribution in [2.24, 2.45) is 0 Å². The van der Waals surface area contributed by atoms with E-state index in [2.05, 4.69) is 4.98 Å². The predicted octanol–water partition coefficient (Wildman–Crippen LogP) is 1.87. The molecule has 1 aromatic rings. The van der Waals surface area contributed by atoms with Gasteiger partial charge in [0.25, 0.3) is 0 Å². The zero-order valence-electron chi connectivity index (χ0n) is 8.76. The zero-order valence-corrected chi connectivity index (χ0v) is 10.4. The second-order valence-electron chi connectivity index (χ2n) is 3.56. The lowest BCUT2D eigenvalue weighted by Crippen LogP contribution is -2.29. The van der Waals surface area contributed by atoms with Crippen molar-refractivity contribution in [2.75, 3.05) is 12.3 Å². The minimum Gasteiger partial charge on any atom is -0.297 e. The first kappa shape index (κ1) is 11.5. The first-order valence-electron chi connectivity index (χ1n) is 5.13. The topological polar surface area (TPSA) is 33.2 Å². The van der Waals surface area contributed by atoms with E-state index in [1.165, 1.54) is 17.3 Å². The number of aryl methyl sites for hydroxylation is 1. The summed E-state index contributed by atoms with van der Waals surface area (Å²) < 4.78 is 0.719. The lowest BCUT2D eigenvalue weighted by Gasteiger charge is -2.14. The Bertz CT molecular complexity index is 378. The summed E-state index contributed by atoms with van der Waals surface area (Å²) in [4.78, 5) is 17.2. The fourth-order valence-electron chi connectivity index (χ4n) is 1.58. The molecule has 0 saturated carbocycles. The number of thiocarbonyl (C=S) groups is 1. The molecule has 0 N–H and O–H groups in total. The van der Waals surface area contributed by atoms with Crippen LogP contribution in [0.4, 0.5) is 0 Å². The second kappa shape index (κ2) is 5.41. The summed E-state index contributed by atoms with van der Waals surface area (Å²) in [5, 5.41) is 0. The third kappa shape index (κ3) is 2.80. The van der Waals surface area contributed by atoms with Gasteiger partial charge in [0.2, 0.25) is 5.91 Å². The molecular formula is C11H12N2OS2. The maximum absolute atomic E-state index is 11.4. The van der Waals surface area contributed by atoms with Crippen LogP contribution in [0.15, 0.2) is 24.5 Å². The van der Waals surface area contributed by atoms with E-state index in [0.717, 1.165) is 23.7 Å². The Hall–Kier alpha value is -0.940. The molecule has 1 aromatic heterocycles. The van der Waals surface area contributed by atoms with E-state index in [-0.39, 0.29) is 5.91 Å². The van der Waals surface area contributed by atoms with Crippen LogP contribution < -0.4 is 0 Å². The van der Waals surface area contributed by atoms with Gasteiger partial charge in [0.15, 0.2) is 0 Å². The average molecular weight is 252 g/mol. The molecule has 0 spiro atoms. The van der Waals surface area contributed by atoms with Gasteiger partial charge in [-0.3, -0.25) is 14.7 Å². The van der Waals surface area contributed by atoms with Crippen LogP contribution in [0, 0.1) is 0 Å². The standard InChI is InChI=1S/C11H12N2OS2/c14-10-8-16-11(15)13(10)6-2-4-9-3-1-5-12-7-9/h1,3,5,7H,2,4,6,8H2. The van der Waals surface area contributed by atoms with Crippen molar-refractivity contribution in [1.82, 2.24) is 9.88 Å². The quantitative estimate of drug-likeness (QED) is 0.766. The summed E-state index contributed by atoms with van der Waals surface area (Å²) in [5.74, 6) is 0.646. The third-order valence-electron chi connectivity index (χ3n) is 2.41. The Morgan fingerprint density at radius 1 is 1.56 bits per heavy atom. The molecule has 0 radical (unpaired) electrons. The Morgan fingerprint density at radius 3 is 3.06 bits per heavy atom. The molecule has 1 fully saturated rings. The highest BCUT2D eigenvalue weighted by Crippen LogP contribution is 2.19. The van der Waals surface area contributed by atoms with Crippen LogP contribution in [0.3, 0.4) is 0 Å². The van der Waals surface area contributed by atoms with Gasteiger partial charge in [-0.1, -0.05) is 30.0 Å². The van der Waals surface area contributed by atoms with Crippen LogP contribution in [0.2, 0.25) is 0 Å². The van der Waals surface area contributed by atoms with Crippen LogP contribution >= 0.6 is 24.0 Å². The number of nitrogens with zero attached hydrogens (tertiary/aromatic N) is 2. The Labute approximate surface area is 104 Å². The van der Waals surface area contributed by atoms with Crippen molar-refractivity contribution < 1.29 is 4.79 Å². The molecule has 0 atom stereocenters. The lowest BCUT2D eigenvalue weighted by molar-refractivity contribution is -0.124. The number of pyridine rings is 1. The number of hydrogen-bond acceptors (Lipinski definition) is 4. The molecule has 16 heavy (non-hydrogen) atoms. The maximum atomic E-state index is 11.4. The summed E-state index contributed by atoms with van der Waals surface area (Å²) >= 11 is 6.56. The minimum atomic E-state index is 0.140. The van der Waals surface area contributed by atoms with Gasteiger partial charge >= 0.3 is 0 Å². The summed E-state index contributed by atoms with van der Waals surface area (Å²) in [6.07, 6.45) is 5.49. The normalized spacial score (nSPS) is 15.9. The molecule has 1 aliphatic heterocycles. The van der Waals surface area contributed by atoms with Crippen molar-refractivity contribution in [3.63, 3.8) is 0 Å². The second-order valence-corrected chi connectivity index (χ2v) is 5.17. The van der Waals surface area contributed by atoms with Crippen LogP contribution in [-0.2, 0) is 11.2 Å². The molecule has 1 amide bonds. The van der Waals surface area contributed by atoms with E-state index < -0.39 is 0 Å². The van der Waals surface area contributed by atoms with Crippen molar-refractivity contribution in [2.45, 2.75) is 12.8 Å². The van der Waals surface area contributed by atoms with E-state index in [1.807, 2.05) is 18.3 Å². The summed E-state index contributed by atoms with van der Waals surface area (Å²) in [6.45, 7) is 0.722. The van der Waals surface area contributed by atoms with Gasteiger partial charge in [-0.05, 0) is 24.5 Å². The molecule has 2 heterocycles. The first-order chi connectivity index (χ1) is 7.77. The fourth-order valence-corrected chi connectivity index (χ4v) is 2.71. The molecule has 1 aliphatic rings. The van der Waals surface area contributed by atoms with E-state index in [9.17, 15) is 4.79 Å². The zero-order chi connectivity index (χ0) is 11.4. The van der Waals surface area contributed by atoms with Gasteiger partial charge in [0, 0.05) is 18.9 Å². The number of aromatic nitrogens is 1. The van der Waals surface area contributed by atoms with Gasteiger partial charge in [0.05, 0.1) is 5.75 Å². The van der Waals surface area contributed by atoms with Gasteiger partial charge in [-0.2, -0.15) is 0 Å². The molecular weight excluding hydrogens is 240 g/mol.